The van der Waals surface area contributed by atoms with Crippen molar-refractivity contribution in [3.63, 3.8) is 0 Å². The lowest BCUT2D eigenvalue weighted by atomic mass is 10.2. The van der Waals surface area contributed by atoms with Crippen LogP contribution in [0.3, 0.4) is 0 Å². The van der Waals surface area contributed by atoms with E-state index in [-0.39, 0.29) is 22.5 Å². The molecule has 1 aliphatic heterocycles. The number of hydrogen-bond donors (Lipinski definition) is 2. The Hall–Kier alpha value is -2.47. The first-order valence-electron chi connectivity index (χ1n) is 9.69. The van der Waals surface area contributed by atoms with Crippen molar-refractivity contribution in [2.75, 3.05) is 51.3 Å². The number of aromatic nitrogens is 1. The maximum atomic E-state index is 12.7. The van der Waals surface area contributed by atoms with E-state index in [1.165, 1.54) is 28.3 Å². The summed E-state index contributed by atoms with van der Waals surface area (Å²) in [5.41, 5.74) is 0.972. The first kappa shape index (κ1) is 23.2. The van der Waals surface area contributed by atoms with Crippen molar-refractivity contribution >= 4 is 39.3 Å². The van der Waals surface area contributed by atoms with E-state index < -0.39 is 10.0 Å². The molecule has 31 heavy (non-hydrogen) atoms. The predicted octanol–water partition coefficient (Wildman–Crippen LogP) is 1.11. The van der Waals surface area contributed by atoms with Gasteiger partial charge in [-0.15, -0.1) is 0 Å². The number of benzene rings is 1. The highest BCUT2D eigenvalue weighted by Crippen LogP contribution is 2.21. The van der Waals surface area contributed by atoms with Crippen molar-refractivity contribution < 1.29 is 18.0 Å². The molecule has 0 unspecified atom stereocenters. The largest absolute Gasteiger partial charge is 0.355 e. The van der Waals surface area contributed by atoms with Gasteiger partial charge in [0.1, 0.15) is 4.90 Å². The van der Waals surface area contributed by atoms with Crippen LogP contribution in [0.25, 0.3) is 0 Å². The molecule has 3 rings (SSSR count). The van der Waals surface area contributed by atoms with E-state index in [0.29, 0.717) is 42.5 Å². The summed E-state index contributed by atoms with van der Waals surface area (Å²) in [6.45, 7) is 2.30. The molecule has 2 N–H and O–H groups in total. The molecule has 9 nitrogen and oxygen atoms in total. The van der Waals surface area contributed by atoms with Crippen molar-refractivity contribution in [2.24, 2.45) is 0 Å². The van der Waals surface area contributed by atoms with E-state index in [4.69, 9.17) is 0 Å². The average Bonchev–Trinajstić information content (AvgIpc) is 2.78. The van der Waals surface area contributed by atoms with Crippen LogP contribution in [-0.2, 0) is 14.8 Å². The van der Waals surface area contributed by atoms with E-state index in [1.807, 2.05) is 7.05 Å². The second kappa shape index (κ2) is 10.2. The summed E-state index contributed by atoms with van der Waals surface area (Å²) in [4.78, 5) is 30.4. The maximum Gasteiger partial charge on any atom is 0.251 e. The van der Waals surface area contributed by atoms with E-state index in [9.17, 15) is 18.0 Å². The molecular weight excluding hydrogens is 438 g/mol. The molecule has 2 heterocycles. The van der Waals surface area contributed by atoms with Crippen LogP contribution in [0.15, 0.2) is 52.5 Å². The number of nitrogens with one attached hydrogen (secondary N) is 2. The lowest BCUT2D eigenvalue weighted by Gasteiger charge is -2.31. The van der Waals surface area contributed by atoms with Crippen LogP contribution in [0.5, 0.6) is 0 Å². The number of carbonyl (C=O) groups is 2. The van der Waals surface area contributed by atoms with Gasteiger partial charge in [-0.05, 0) is 37.4 Å². The lowest BCUT2D eigenvalue weighted by molar-refractivity contribution is -0.113. The molecule has 0 radical (unpaired) electrons. The zero-order valence-corrected chi connectivity index (χ0v) is 19.0. The summed E-state index contributed by atoms with van der Waals surface area (Å²) in [5.74, 6) is -0.391. The van der Waals surface area contributed by atoms with Crippen LogP contribution in [0, 0.1) is 0 Å². The third kappa shape index (κ3) is 6.03. The van der Waals surface area contributed by atoms with Gasteiger partial charge in [0.05, 0.1) is 10.8 Å². The third-order valence-corrected chi connectivity index (χ3v) is 7.62. The molecule has 1 aromatic carbocycles. The van der Waals surface area contributed by atoms with Crippen LogP contribution >= 0.6 is 11.8 Å². The number of nitrogens with zero attached hydrogens (tertiary/aromatic N) is 3. The van der Waals surface area contributed by atoms with Gasteiger partial charge in [-0.3, -0.25) is 9.59 Å². The van der Waals surface area contributed by atoms with Crippen LogP contribution in [-0.4, -0.2) is 80.4 Å². The van der Waals surface area contributed by atoms with E-state index in [1.54, 1.807) is 37.4 Å². The molecule has 0 atom stereocenters. The summed E-state index contributed by atoms with van der Waals surface area (Å²) < 4.78 is 26.9. The quantitative estimate of drug-likeness (QED) is 0.592. The van der Waals surface area contributed by atoms with Gasteiger partial charge in [0, 0.05) is 50.7 Å². The first-order chi connectivity index (χ1) is 14.8. The Labute approximate surface area is 186 Å². The van der Waals surface area contributed by atoms with Crippen LogP contribution < -0.4 is 10.6 Å². The fourth-order valence-electron chi connectivity index (χ4n) is 3.00. The van der Waals surface area contributed by atoms with Crippen LogP contribution in [0.2, 0.25) is 0 Å². The molecule has 2 aromatic rings. The second-order valence-electron chi connectivity index (χ2n) is 7.04. The Morgan fingerprint density at radius 1 is 1.13 bits per heavy atom. The standard InChI is InChI=1S/C20H25N5O4S2/c1-21-20(27)15-4-3-5-16(12-15)23-18(26)14-30-19-7-6-17(13-22-19)31(28,29)25-10-8-24(2)9-11-25/h3-7,12-13H,8-11,14H2,1-2H3,(H,21,27)(H,23,26). The number of likely N-dealkylation sites (N-methyl/N-ethyl adjacent to an activating group) is 1. The summed E-state index contributed by atoms with van der Waals surface area (Å²) in [7, 11) is -0.0595. The van der Waals surface area contributed by atoms with Crippen molar-refractivity contribution in [1.82, 2.24) is 19.5 Å². The van der Waals surface area contributed by atoms with Gasteiger partial charge in [0.15, 0.2) is 0 Å². The minimum absolute atomic E-state index is 0.0990. The molecule has 0 spiro atoms. The lowest BCUT2D eigenvalue weighted by Crippen LogP contribution is -2.47. The highest BCUT2D eigenvalue weighted by molar-refractivity contribution is 7.99. The number of hydrogen-bond acceptors (Lipinski definition) is 7. The Morgan fingerprint density at radius 2 is 1.87 bits per heavy atom. The molecule has 0 aliphatic carbocycles. The number of sulfonamides is 1. The van der Waals surface area contributed by atoms with Crippen molar-refractivity contribution in [1.29, 1.82) is 0 Å². The Balaban J connectivity index is 1.55. The number of thioether (sulfide) groups is 1. The molecule has 0 saturated carbocycles. The van der Waals surface area contributed by atoms with Crippen molar-refractivity contribution in [3.8, 4) is 0 Å². The van der Waals surface area contributed by atoms with Crippen LogP contribution in [0.4, 0.5) is 5.69 Å². The molecular formula is C20H25N5O4S2. The van der Waals surface area contributed by atoms with Crippen molar-refractivity contribution in [3.05, 3.63) is 48.2 Å². The molecule has 2 amide bonds. The SMILES string of the molecule is CNC(=O)c1cccc(NC(=O)CSc2ccc(S(=O)(=O)N3CCN(C)CC3)cn2)c1. The van der Waals surface area contributed by atoms with E-state index >= 15 is 0 Å². The summed E-state index contributed by atoms with van der Waals surface area (Å²) in [6.07, 6.45) is 1.33. The number of piperazine rings is 1. The fraction of sp³-hybridized carbons (Fsp3) is 0.350. The van der Waals surface area contributed by atoms with Gasteiger partial charge >= 0.3 is 0 Å². The third-order valence-electron chi connectivity index (χ3n) is 4.80. The number of pyridine rings is 1. The Kier molecular flexibility index (Phi) is 7.65. The van der Waals surface area contributed by atoms with Gasteiger partial charge in [0.2, 0.25) is 15.9 Å². The highest BCUT2D eigenvalue weighted by atomic mass is 32.2. The smallest absolute Gasteiger partial charge is 0.251 e. The van der Waals surface area contributed by atoms with Gasteiger partial charge in [0.25, 0.3) is 5.91 Å². The number of carbonyl (C=O) groups excluding carboxylic acids is 2. The minimum atomic E-state index is -3.56. The number of rotatable bonds is 7. The average molecular weight is 464 g/mol. The Morgan fingerprint density at radius 3 is 2.52 bits per heavy atom. The summed E-state index contributed by atoms with van der Waals surface area (Å²) in [5, 5.41) is 5.82. The maximum absolute atomic E-state index is 12.7. The Bertz CT molecular complexity index is 1040. The molecule has 11 heteroatoms. The first-order valence-corrected chi connectivity index (χ1v) is 12.1. The molecule has 166 valence electrons. The number of anilines is 1. The minimum Gasteiger partial charge on any atom is -0.355 e. The van der Waals surface area contributed by atoms with Crippen molar-refractivity contribution in [2.45, 2.75) is 9.92 Å². The monoisotopic (exact) mass is 463 g/mol. The highest BCUT2D eigenvalue weighted by Gasteiger charge is 2.27. The fourth-order valence-corrected chi connectivity index (χ4v) is 5.01. The zero-order valence-electron chi connectivity index (χ0n) is 17.4. The van der Waals surface area contributed by atoms with Gasteiger partial charge in [-0.1, -0.05) is 17.8 Å². The van der Waals surface area contributed by atoms with E-state index in [0.717, 1.165) is 0 Å². The van der Waals surface area contributed by atoms with Gasteiger partial charge in [-0.2, -0.15) is 4.31 Å². The molecule has 1 aromatic heterocycles. The zero-order chi connectivity index (χ0) is 22.4. The normalized spacial score (nSPS) is 15.4. The van der Waals surface area contributed by atoms with E-state index in [2.05, 4.69) is 20.5 Å². The summed E-state index contributed by atoms with van der Waals surface area (Å²) in [6, 6.07) is 9.77. The molecule has 1 aliphatic rings. The number of amides is 2. The molecule has 1 fully saturated rings. The predicted molar refractivity (Wildman–Crippen MR) is 120 cm³/mol. The summed E-state index contributed by atoms with van der Waals surface area (Å²) >= 11 is 1.20. The van der Waals surface area contributed by atoms with Crippen LogP contribution in [0.1, 0.15) is 10.4 Å². The van der Waals surface area contributed by atoms with Gasteiger partial charge < -0.3 is 15.5 Å². The molecule has 1 saturated heterocycles. The second-order valence-corrected chi connectivity index (χ2v) is 9.97. The van der Waals surface area contributed by atoms with Gasteiger partial charge in [-0.25, -0.2) is 13.4 Å². The topological polar surface area (TPSA) is 112 Å². The molecule has 0 bridgehead atoms.